The van der Waals surface area contributed by atoms with Crippen molar-refractivity contribution in [2.75, 3.05) is 6.61 Å². The van der Waals surface area contributed by atoms with E-state index in [0.717, 1.165) is 36.1 Å². The highest BCUT2D eigenvalue weighted by atomic mass is 16.6. The highest BCUT2D eigenvalue weighted by molar-refractivity contribution is 5.79. The van der Waals surface area contributed by atoms with Crippen molar-refractivity contribution < 1.29 is 19.4 Å². The summed E-state index contributed by atoms with van der Waals surface area (Å²) in [5, 5.41) is 11.8. The van der Waals surface area contributed by atoms with E-state index in [1.807, 2.05) is 59.5 Å². The van der Waals surface area contributed by atoms with Gasteiger partial charge in [-0.3, -0.25) is 0 Å². The van der Waals surface area contributed by atoms with E-state index < -0.39 is 5.60 Å². The number of carbonyl (C=O) groups is 1. The number of rotatable bonds is 6. The molecule has 2 aliphatic heterocycles. The third-order valence-corrected chi connectivity index (χ3v) is 9.19. The molecule has 3 aliphatic rings. The van der Waals surface area contributed by atoms with Crippen LogP contribution >= 0.6 is 0 Å². The molecule has 1 aliphatic carbocycles. The van der Waals surface area contributed by atoms with E-state index in [9.17, 15) is 9.90 Å². The maximum atomic E-state index is 13.6. The lowest BCUT2D eigenvalue weighted by Gasteiger charge is -2.51. The van der Waals surface area contributed by atoms with Gasteiger partial charge in [0.15, 0.2) is 0 Å². The summed E-state index contributed by atoms with van der Waals surface area (Å²) in [6.07, 6.45) is 3.58. The van der Waals surface area contributed by atoms with E-state index in [2.05, 4.69) is 48.5 Å². The van der Waals surface area contributed by atoms with Gasteiger partial charge in [-0.1, -0.05) is 91.0 Å². The van der Waals surface area contributed by atoms with E-state index >= 15 is 0 Å². The smallest absolute Gasteiger partial charge is 0.410 e. The number of nitrogens with zero attached hydrogens (tertiary/aromatic N) is 1. The zero-order valence-corrected chi connectivity index (χ0v) is 23.1. The maximum absolute atomic E-state index is 13.6. The molecule has 0 radical (unpaired) electrons. The summed E-state index contributed by atoms with van der Waals surface area (Å²) in [5.41, 5.74) is 5.89. The van der Waals surface area contributed by atoms with E-state index in [0.29, 0.717) is 26.1 Å². The average molecular weight is 546 g/mol. The third-order valence-electron chi connectivity index (χ3n) is 9.19. The number of carbonyl (C=O) groups excluding carboxylic acids is 1. The Hall–Kier alpha value is -4.09. The minimum absolute atomic E-state index is 0.0375. The molecule has 2 fully saturated rings. The molecule has 5 nitrogen and oxygen atoms in total. The first-order valence-electron chi connectivity index (χ1n) is 14.7. The average Bonchev–Trinajstić information content (AvgIpc) is 3.33. The van der Waals surface area contributed by atoms with Gasteiger partial charge in [0.1, 0.15) is 19.0 Å². The van der Waals surface area contributed by atoms with Crippen LogP contribution in [0.2, 0.25) is 0 Å². The van der Waals surface area contributed by atoms with E-state index in [1.165, 1.54) is 22.3 Å². The predicted molar refractivity (Wildman–Crippen MR) is 159 cm³/mol. The van der Waals surface area contributed by atoms with Crippen molar-refractivity contribution in [2.24, 2.45) is 0 Å². The van der Waals surface area contributed by atoms with Gasteiger partial charge < -0.3 is 19.5 Å². The molecule has 2 atom stereocenters. The van der Waals surface area contributed by atoms with Crippen LogP contribution in [0, 0.1) is 0 Å². The fourth-order valence-electron chi connectivity index (χ4n) is 7.23. The number of ether oxygens (including phenoxy) is 2. The third kappa shape index (κ3) is 4.89. The Morgan fingerprint density at radius 1 is 0.780 bits per heavy atom. The number of amides is 1. The van der Waals surface area contributed by atoms with Gasteiger partial charge in [0.05, 0.1) is 5.60 Å². The molecular weight excluding hydrogens is 510 g/mol. The lowest BCUT2D eigenvalue weighted by molar-refractivity contribution is -0.0891. The molecule has 0 spiro atoms. The van der Waals surface area contributed by atoms with Gasteiger partial charge in [0.2, 0.25) is 0 Å². The zero-order chi connectivity index (χ0) is 27.8. The maximum Gasteiger partial charge on any atom is 0.410 e. The Kier molecular flexibility index (Phi) is 6.76. The minimum Gasteiger partial charge on any atom is -0.489 e. The highest BCUT2D eigenvalue weighted by Gasteiger charge is 2.48. The number of fused-ring (bicyclic) bond motifs is 5. The van der Waals surface area contributed by atoms with Crippen molar-refractivity contribution in [2.45, 2.75) is 62.3 Å². The van der Waals surface area contributed by atoms with E-state index in [1.54, 1.807) is 0 Å². The molecule has 7 rings (SSSR count). The Labute approximate surface area is 241 Å². The van der Waals surface area contributed by atoms with Crippen molar-refractivity contribution in [3.8, 4) is 16.9 Å². The molecule has 2 bridgehead atoms. The van der Waals surface area contributed by atoms with Crippen LogP contribution in [0.4, 0.5) is 4.79 Å². The van der Waals surface area contributed by atoms with Crippen molar-refractivity contribution in [3.63, 3.8) is 0 Å². The minimum atomic E-state index is -0.978. The fraction of sp³-hybridized carbons (Fsp3) is 0.306. The monoisotopic (exact) mass is 545 g/mol. The molecule has 208 valence electrons. The molecule has 2 heterocycles. The topological polar surface area (TPSA) is 59.0 Å². The summed E-state index contributed by atoms with van der Waals surface area (Å²) in [7, 11) is 0. The van der Waals surface area contributed by atoms with E-state index in [-0.39, 0.29) is 24.1 Å². The van der Waals surface area contributed by atoms with Crippen molar-refractivity contribution in [3.05, 3.63) is 125 Å². The van der Waals surface area contributed by atoms with Gasteiger partial charge in [0, 0.05) is 30.8 Å². The van der Waals surface area contributed by atoms with Crippen LogP contribution in [0.5, 0.6) is 5.75 Å². The van der Waals surface area contributed by atoms with Crippen LogP contribution in [-0.2, 0) is 16.9 Å². The van der Waals surface area contributed by atoms with Gasteiger partial charge in [-0.15, -0.1) is 0 Å². The van der Waals surface area contributed by atoms with Gasteiger partial charge in [-0.05, 0) is 64.8 Å². The Bertz CT molecular complexity index is 1470. The van der Waals surface area contributed by atoms with E-state index in [4.69, 9.17) is 9.47 Å². The molecule has 0 saturated carbocycles. The quantitative estimate of drug-likeness (QED) is 0.274. The van der Waals surface area contributed by atoms with Crippen LogP contribution in [0.1, 0.15) is 60.3 Å². The molecule has 1 N–H and O–H groups in total. The number of aliphatic hydroxyl groups is 1. The predicted octanol–water partition coefficient (Wildman–Crippen LogP) is 7.42. The summed E-state index contributed by atoms with van der Waals surface area (Å²) in [6.45, 7) is 0.821. The molecule has 4 aromatic rings. The zero-order valence-electron chi connectivity index (χ0n) is 23.1. The number of hydrogen-bond donors (Lipinski definition) is 1. The second-order valence-electron chi connectivity index (χ2n) is 11.7. The number of benzene rings is 4. The molecule has 2 saturated heterocycles. The number of hydrogen-bond acceptors (Lipinski definition) is 4. The first-order valence-corrected chi connectivity index (χ1v) is 14.7. The first-order chi connectivity index (χ1) is 20.1. The van der Waals surface area contributed by atoms with Gasteiger partial charge in [-0.25, -0.2) is 4.79 Å². The van der Waals surface area contributed by atoms with Crippen LogP contribution in [0.25, 0.3) is 11.1 Å². The van der Waals surface area contributed by atoms with Crippen molar-refractivity contribution in [1.29, 1.82) is 0 Å². The molecule has 2 unspecified atom stereocenters. The molecule has 5 heteroatoms. The molecule has 41 heavy (non-hydrogen) atoms. The molecule has 4 aromatic carbocycles. The van der Waals surface area contributed by atoms with Crippen LogP contribution in [0.15, 0.2) is 103 Å². The van der Waals surface area contributed by atoms with Crippen LogP contribution in [-0.4, -0.2) is 34.8 Å². The summed E-state index contributed by atoms with van der Waals surface area (Å²) >= 11 is 0. The molecule has 1 amide bonds. The largest absolute Gasteiger partial charge is 0.489 e. The Morgan fingerprint density at radius 2 is 1.37 bits per heavy atom. The summed E-state index contributed by atoms with van der Waals surface area (Å²) in [5.74, 6) is 0.813. The fourth-order valence-corrected chi connectivity index (χ4v) is 7.23. The summed E-state index contributed by atoms with van der Waals surface area (Å²) in [6, 6.07) is 34.6. The summed E-state index contributed by atoms with van der Waals surface area (Å²) in [4.78, 5) is 15.5. The van der Waals surface area contributed by atoms with Crippen molar-refractivity contribution >= 4 is 6.09 Å². The first kappa shape index (κ1) is 25.8. The Balaban J connectivity index is 1.03. The second-order valence-corrected chi connectivity index (χ2v) is 11.7. The lowest BCUT2D eigenvalue weighted by Crippen LogP contribution is -2.59. The van der Waals surface area contributed by atoms with Crippen LogP contribution in [0.3, 0.4) is 0 Å². The summed E-state index contributed by atoms with van der Waals surface area (Å²) < 4.78 is 12.0. The SMILES string of the molecule is O=C(OCC1c2ccccc2-c2ccccc21)N1C2CCCC1CC(O)(c1ccc(OCc3ccccc3)cc1)C2. The van der Waals surface area contributed by atoms with Crippen molar-refractivity contribution in [1.82, 2.24) is 4.90 Å². The Morgan fingerprint density at radius 3 is 2.00 bits per heavy atom. The highest BCUT2D eigenvalue weighted by Crippen LogP contribution is 2.47. The van der Waals surface area contributed by atoms with Gasteiger partial charge in [-0.2, -0.15) is 0 Å². The number of piperidine rings is 2. The lowest BCUT2D eigenvalue weighted by atomic mass is 9.72. The second kappa shape index (κ2) is 10.7. The molecular formula is C36H35NO4. The van der Waals surface area contributed by atoms with Gasteiger partial charge >= 0.3 is 6.09 Å². The normalized spacial score (nSPS) is 23.0. The molecule has 0 aromatic heterocycles. The standard InChI is InChI=1S/C36H35NO4/c38-35(41-24-34-32-15-6-4-13-30(32)31-14-5-7-16-33(31)34)37-27-11-8-12-28(37)22-36(39,21-27)26-17-19-29(20-18-26)40-23-25-9-2-1-3-10-25/h1-7,9-10,13-20,27-28,34,39H,8,11-12,21-24H2. The van der Waals surface area contributed by atoms with Gasteiger partial charge in [0.25, 0.3) is 0 Å². The van der Waals surface area contributed by atoms with Crippen LogP contribution < -0.4 is 4.74 Å².